The first-order valence-corrected chi connectivity index (χ1v) is 9.54. The number of carbonyl (C=O) groups is 2. The summed E-state index contributed by atoms with van der Waals surface area (Å²) < 4.78 is 0. The molecule has 0 bridgehead atoms. The molecule has 1 unspecified atom stereocenters. The maximum absolute atomic E-state index is 12.5. The normalized spacial score (nSPS) is 29.2. The highest BCUT2D eigenvalue weighted by molar-refractivity contribution is 6.01. The van der Waals surface area contributed by atoms with Crippen LogP contribution in [0.15, 0.2) is 29.4 Å². The molecule has 2 N–H and O–H groups in total. The summed E-state index contributed by atoms with van der Waals surface area (Å²) in [5, 5.41) is 16.7. The van der Waals surface area contributed by atoms with Gasteiger partial charge in [-0.1, -0.05) is 41.4 Å². The summed E-state index contributed by atoms with van der Waals surface area (Å²) in [5.41, 5.74) is 2.36. The molecule has 1 aromatic carbocycles. The Bertz CT molecular complexity index is 776. The molecule has 4 rings (SSSR count). The lowest BCUT2D eigenvalue weighted by atomic mass is 9.81. The van der Waals surface area contributed by atoms with Crippen LogP contribution in [0.5, 0.6) is 0 Å². The highest BCUT2D eigenvalue weighted by Gasteiger charge is 2.55. The van der Waals surface area contributed by atoms with E-state index in [9.17, 15) is 14.7 Å². The number of nitrogens with one attached hydrogen (secondary N) is 1. The smallest absolute Gasteiger partial charge is 0.317 e. The fourth-order valence-electron chi connectivity index (χ4n) is 4.56. The third-order valence-corrected chi connectivity index (χ3v) is 6.18. The number of hydrogen-bond acceptors (Lipinski definition) is 4. The molecule has 2 fully saturated rings. The molecular formula is C20H25N3O4. The third-order valence-electron chi connectivity index (χ3n) is 6.18. The van der Waals surface area contributed by atoms with E-state index in [1.54, 1.807) is 4.90 Å². The average molecular weight is 371 g/mol. The lowest BCUT2D eigenvalue weighted by Crippen LogP contribution is -2.43. The van der Waals surface area contributed by atoms with E-state index in [2.05, 4.69) is 10.5 Å². The SMILES string of the molecule is Cc1ccc(C2=NOC(CNC(=O)N3C[C@@H]4CCC[C@@]4(C(=O)O)C3)C2)cc1. The van der Waals surface area contributed by atoms with Gasteiger partial charge < -0.3 is 20.2 Å². The van der Waals surface area contributed by atoms with Gasteiger partial charge in [0.15, 0.2) is 6.10 Å². The zero-order valence-corrected chi connectivity index (χ0v) is 15.5. The summed E-state index contributed by atoms with van der Waals surface area (Å²) in [7, 11) is 0. The van der Waals surface area contributed by atoms with Gasteiger partial charge in [-0.15, -0.1) is 0 Å². The largest absolute Gasteiger partial charge is 0.481 e. The first-order chi connectivity index (χ1) is 13.0. The molecule has 1 aromatic rings. The van der Waals surface area contributed by atoms with E-state index in [-0.39, 0.29) is 18.1 Å². The summed E-state index contributed by atoms with van der Waals surface area (Å²) in [6, 6.07) is 7.90. The molecule has 2 aliphatic heterocycles. The molecule has 27 heavy (non-hydrogen) atoms. The molecule has 0 spiro atoms. The summed E-state index contributed by atoms with van der Waals surface area (Å²) in [6.45, 7) is 3.22. The Morgan fingerprint density at radius 3 is 2.85 bits per heavy atom. The lowest BCUT2D eigenvalue weighted by molar-refractivity contribution is -0.149. The maximum Gasteiger partial charge on any atom is 0.317 e. The zero-order chi connectivity index (χ0) is 19.0. The predicted molar refractivity (Wildman–Crippen MR) is 99.6 cm³/mol. The molecule has 2 amide bonds. The molecule has 1 saturated carbocycles. The van der Waals surface area contributed by atoms with Crippen LogP contribution in [0.25, 0.3) is 0 Å². The van der Waals surface area contributed by atoms with Crippen molar-refractivity contribution in [2.24, 2.45) is 16.5 Å². The number of hydrogen-bond donors (Lipinski definition) is 2. The quantitative estimate of drug-likeness (QED) is 0.850. The molecular weight excluding hydrogens is 346 g/mol. The number of nitrogens with zero attached hydrogens (tertiary/aromatic N) is 2. The van der Waals surface area contributed by atoms with Gasteiger partial charge in [-0.2, -0.15) is 0 Å². The Morgan fingerprint density at radius 1 is 1.37 bits per heavy atom. The fourth-order valence-corrected chi connectivity index (χ4v) is 4.56. The number of oxime groups is 1. The van der Waals surface area contributed by atoms with Crippen molar-refractivity contribution in [1.29, 1.82) is 0 Å². The number of carbonyl (C=O) groups excluding carboxylic acids is 1. The number of fused-ring (bicyclic) bond motifs is 1. The second kappa shape index (κ2) is 6.87. The van der Waals surface area contributed by atoms with Gasteiger partial charge in [0, 0.05) is 19.5 Å². The van der Waals surface area contributed by atoms with Crippen molar-refractivity contribution in [3.8, 4) is 0 Å². The minimum Gasteiger partial charge on any atom is -0.481 e. The minimum absolute atomic E-state index is 0.0694. The van der Waals surface area contributed by atoms with Crippen LogP contribution in [0.2, 0.25) is 0 Å². The van der Waals surface area contributed by atoms with E-state index in [4.69, 9.17) is 4.84 Å². The van der Waals surface area contributed by atoms with Gasteiger partial charge in [-0.3, -0.25) is 4.79 Å². The van der Waals surface area contributed by atoms with Crippen LogP contribution in [-0.4, -0.2) is 53.5 Å². The van der Waals surface area contributed by atoms with Crippen LogP contribution >= 0.6 is 0 Å². The van der Waals surface area contributed by atoms with Gasteiger partial charge in [0.25, 0.3) is 0 Å². The molecule has 7 heteroatoms. The number of amides is 2. The van der Waals surface area contributed by atoms with Crippen molar-refractivity contribution in [2.75, 3.05) is 19.6 Å². The minimum atomic E-state index is -0.768. The van der Waals surface area contributed by atoms with Crippen molar-refractivity contribution in [3.05, 3.63) is 35.4 Å². The number of benzene rings is 1. The summed E-state index contributed by atoms with van der Waals surface area (Å²) in [5.74, 6) is -0.699. The molecule has 1 aliphatic carbocycles. The number of aryl methyl sites for hydroxylation is 1. The van der Waals surface area contributed by atoms with Gasteiger partial charge in [0.2, 0.25) is 0 Å². The number of rotatable bonds is 4. The van der Waals surface area contributed by atoms with Crippen molar-refractivity contribution < 1.29 is 19.5 Å². The van der Waals surface area contributed by atoms with Crippen LogP contribution < -0.4 is 5.32 Å². The van der Waals surface area contributed by atoms with E-state index in [1.165, 1.54) is 5.56 Å². The van der Waals surface area contributed by atoms with Crippen LogP contribution in [0.4, 0.5) is 4.79 Å². The van der Waals surface area contributed by atoms with E-state index in [1.807, 2.05) is 31.2 Å². The molecule has 144 valence electrons. The Hall–Kier alpha value is -2.57. The summed E-state index contributed by atoms with van der Waals surface area (Å²) in [4.78, 5) is 31.4. The summed E-state index contributed by atoms with van der Waals surface area (Å²) in [6.07, 6.45) is 2.93. The third kappa shape index (κ3) is 3.26. The highest BCUT2D eigenvalue weighted by atomic mass is 16.6. The van der Waals surface area contributed by atoms with Crippen molar-refractivity contribution in [3.63, 3.8) is 0 Å². The van der Waals surface area contributed by atoms with Crippen LogP contribution in [0.3, 0.4) is 0 Å². The summed E-state index contributed by atoms with van der Waals surface area (Å²) >= 11 is 0. The highest BCUT2D eigenvalue weighted by Crippen LogP contribution is 2.48. The lowest BCUT2D eigenvalue weighted by Gasteiger charge is -2.23. The Kier molecular flexibility index (Phi) is 4.53. The number of carboxylic acids is 1. The molecule has 0 radical (unpaired) electrons. The Labute approximate surface area is 158 Å². The number of urea groups is 1. The van der Waals surface area contributed by atoms with Crippen LogP contribution in [0.1, 0.15) is 36.8 Å². The second-order valence-corrected chi connectivity index (χ2v) is 7.95. The van der Waals surface area contributed by atoms with E-state index in [0.717, 1.165) is 24.1 Å². The molecule has 3 aliphatic rings. The standard InChI is InChI=1S/C20H25N3O4/c1-13-4-6-14(7-5-13)17-9-16(27-22-17)10-21-19(26)23-11-15-3-2-8-20(15,12-23)18(24)25/h4-7,15-16H,2-3,8-12H2,1H3,(H,21,26)(H,24,25)/t15-,16?,20+/m0/s1. The molecule has 2 heterocycles. The molecule has 0 aromatic heterocycles. The molecule has 3 atom stereocenters. The van der Waals surface area contributed by atoms with E-state index >= 15 is 0 Å². The topological polar surface area (TPSA) is 91.2 Å². The van der Waals surface area contributed by atoms with Gasteiger partial charge in [-0.05, 0) is 31.2 Å². The zero-order valence-electron chi connectivity index (χ0n) is 15.5. The molecule has 1 saturated heterocycles. The fraction of sp³-hybridized carbons (Fsp3) is 0.550. The van der Waals surface area contributed by atoms with E-state index in [0.29, 0.717) is 32.5 Å². The number of likely N-dealkylation sites (tertiary alicyclic amines) is 1. The van der Waals surface area contributed by atoms with E-state index < -0.39 is 11.4 Å². The second-order valence-electron chi connectivity index (χ2n) is 7.95. The number of carboxylic acid groups (broad SMARTS) is 1. The average Bonchev–Trinajstić information content (AvgIpc) is 3.34. The van der Waals surface area contributed by atoms with Gasteiger partial charge in [0.1, 0.15) is 0 Å². The van der Waals surface area contributed by atoms with Crippen molar-refractivity contribution in [1.82, 2.24) is 10.2 Å². The monoisotopic (exact) mass is 371 g/mol. The van der Waals surface area contributed by atoms with Gasteiger partial charge in [-0.25, -0.2) is 4.79 Å². The van der Waals surface area contributed by atoms with Crippen LogP contribution in [-0.2, 0) is 9.63 Å². The van der Waals surface area contributed by atoms with Gasteiger partial charge in [0.05, 0.1) is 17.7 Å². The molecule has 7 nitrogen and oxygen atoms in total. The van der Waals surface area contributed by atoms with Gasteiger partial charge >= 0.3 is 12.0 Å². The first kappa shape index (κ1) is 17.8. The van der Waals surface area contributed by atoms with Crippen molar-refractivity contribution >= 4 is 17.7 Å². The Morgan fingerprint density at radius 2 is 2.15 bits per heavy atom. The Balaban J connectivity index is 1.28. The maximum atomic E-state index is 12.5. The number of aliphatic carboxylic acids is 1. The predicted octanol–water partition coefficient (Wildman–Crippen LogP) is 2.38. The van der Waals surface area contributed by atoms with Crippen LogP contribution in [0, 0.1) is 18.3 Å². The van der Waals surface area contributed by atoms with Crippen molar-refractivity contribution in [2.45, 2.75) is 38.7 Å². The first-order valence-electron chi connectivity index (χ1n) is 9.54.